The molecule has 2 N–H and O–H groups in total. The lowest BCUT2D eigenvalue weighted by Crippen LogP contribution is -2.17. The molecule has 0 atom stereocenters. The summed E-state index contributed by atoms with van der Waals surface area (Å²) in [6.45, 7) is 3.58. The predicted octanol–water partition coefficient (Wildman–Crippen LogP) is 4.04. The lowest BCUT2D eigenvalue weighted by Gasteiger charge is -2.11. The summed E-state index contributed by atoms with van der Waals surface area (Å²) in [7, 11) is 1.55. The van der Waals surface area contributed by atoms with Crippen molar-refractivity contribution in [3.05, 3.63) is 83.4 Å². The summed E-state index contributed by atoms with van der Waals surface area (Å²) < 4.78 is 16.2. The number of anilines is 1. The molecule has 0 fully saturated rings. The maximum absolute atomic E-state index is 12.5. The molecule has 0 aliphatic carbocycles. The van der Waals surface area contributed by atoms with E-state index in [-0.39, 0.29) is 11.7 Å². The SMILES string of the molecule is CCOc1cc(/C=N/NC(=O)c2ccc(NC(C)=O)cc2)ccc1OC(=O)c1ccc(OC)cc1. The number of ether oxygens (including phenoxy) is 3. The molecule has 9 nitrogen and oxygen atoms in total. The second kappa shape index (κ2) is 12.0. The van der Waals surface area contributed by atoms with E-state index in [0.29, 0.717) is 40.5 Å². The van der Waals surface area contributed by atoms with Gasteiger partial charge in [0, 0.05) is 18.2 Å². The van der Waals surface area contributed by atoms with E-state index in [4.69, 9.17) is 14.2 Å². The summed E-state index contributed by atoms with van der Waals surface area (Å²) in [6, 6.07) is 17.9. The summed E-state index contributed by atoms with van der Waals surface area (Å²) in [5.41, 5.74) is 4.41. The molecule has 0 aromatic heterocycles. The Morgan fingerprint density at radius 1 is 0.914 bits per heavy atom. The Hall–Kier alpha value is -4.66. The third-order valence-electron chi connectivity index (χ3n) is 4.64. The minimum absolute atomic E-state index is 0.195. The number of carbonyl (C=O) groups is 3. The number of hydrogen-bond donors (Lipinski definition) is 2. The standard InChI is InChI=1S/C26H25N3O6/c1-4-34-24-15-18(5-14-23(24)35-26(32)20-8-12-22(33-3)13-9-20)16-27-29-25(31)19-6-10-21(11-7-19)28-17(2)30/h5-16H,4H2,1-3H3,(H,28,30)(H,29,31)/b27-16+. The summed E-state index contributed by atoms with van der Waals surface area (Å²) in [6.07, 6.45) is 1.45. The fraction of sp³-hybridized carbons (Fsp3) is 0.154. The van der Waals surface area contributed by atoms with E-state index in [0.717, 1.165) is 0 Å². The van der Waals surface area contributed by atoms with Crippen molar-refractivity contribution in [3.63, 3.8) is 0 Å². The monoisotopic (exact) mass is 475 g/mol. The van der Waals surface area contributed by atoms with Gasteiger partial charge >= 0.3 is 5.97 Å². The molecule has 180 valence electrons. The highest BCUT2D eigenvalue weighted by atomic mass is 16.6. The van der Waals surface area contributed by atoms with Crippen LogP contribution in [-0.2, 0) is 4.79 Å². The van der Waals surface area contributed by atoms with Crippen LogP contribution < -0.4 is 25.0 Å². The van der Waals surface area contributed by atoms with Gasteiger partial charge in [0.2, 0.25) is 5.91 Å². The van der Waals surface area contributed by atoms with Gasteiger partial charge in [0.15, 0.2) is 11.5 Å². The van der Waals surface area contributed by atoms with E-state index < -0.39 is 11.9 Å². The van der Waals surface area contributed by atoms with Crippen molar-refractivity contribution in [1.29, 1.82) is 0 Å². The number of rotatable bonds is 9. The molecule has 0 heterocycles. The molecular formula is C26H25N3O6. The van der Waals surface area contributed by atoms with Gasteiger partial charge in [-0.3, -0.25) is 9.59 Å². The number of nitrogens with zero attached hydrogens (tertiary/aromatic N) is 1. The molecule has 3 aromatic rings. The normalized spacial score (nSPS) is 10.5. The van der Waals surface area contributed by atoms with Crippen LogP contribution in [0.4, 0.5) is 5.69 Å². The summed E-state index contributed by atoms with van der Waals surface area (Å²) >= 11 is 0. The van der Waals surface area contributed by atoms with Crippen molar-refractivity contribution in [1.82, 2.24) is 5.43 Å². The van der Waals surface area contributed by atoms with Crippen molar-refractivity contribution < 1.29 is 28.6 Å². The zero-order valence-electron chi connectivity index (χ0n) is 19.5. The third kappa shape index (κ3) is 7.16. The largest absolute Gasteiger partial charge is 0.497 e. The van der Waals surface area contributed by atoms with Crippen LogP contribution in [0.3, 0.4) is 0 Å². The third-order valence-corrected chi connectivity index (χ3v) is 4.64. The fourth-order valence-corrected chi connectivity index (χ4v) is 2.98. The second-order valence-corrected chi connectivity index (χ2v) is 7.21. The average Bonchev–Trinajstić information content (AvgIpc) is 2.85. The van der Waals surface area contributed by atoms with Crippen LogP contribution in [0.2, 0.25) is 0 Å². The van der Waals surface area contributed by atoms with Crippen molar-refractivity contribution >= 4 is 29.7 Å². The first-order chi connectivity index (χ1) is 16.9. The maximum Gasteiger partial charge on any atom is 0.343 e. The van der Waals surface area contributed by atoms with Crippen LogP contribution in [0.15, 0.2) is 71.8 Å². The molecule has 2 amide bonds. The molecule has 0 saturated carbocycles. The van der Waals surface area contributed by atoms with Gasteiger partial charge in [0.25, 0.3) is 5.91 Å². The van der Waals surface area contributed by atoms with Gasteiger partial charge in [-0.2, -0.15) is 5.10 Å². The minimum Gasteiger partial charge on any atom is -0.497 e. The first kappa shape index (κ1) is 25.0. The average molecular weight is 476 g/mol. The predicted molar refractivity (Wildman–Crippen MR) is 131 cm³/mol. The Bertz CT molecular complexity index is 1220. The van der Waals surface area contributed by atoms with E-state index in [2.05, 4.69) is 15.8 Å². The molecule has 0 aliphatic heterocycles. The molecule has 0 spiro atoms. The zero-order chi connectivity index (χ0) is 25.2. The Morgan fingerprint density at radius 3 is 2.23 bits per heavy atom. The van der Waals surface area contributed by atoms with Crippen LogP contribution >= 0.6 is 0 Å². The highest BCUT2D eigenvalue weighted by molar-refractivity contribution is 5.96. The minimum atomic E-state index is -0.535. The van der Waals surface area contributed by atoms with Gasteiger partial charge in [-0.25, -0.2) is 10.2 Å². The van der Waals surface area contributed by atoms with E-state index >= 15 is 0 Å². The molecule has 3 rings (SSSR count). The number of methoxy groups -OCH3 is 1. The second-order valence-electron chi connectivity index (χ2n) is 7.21. The number of amides is 2. The van der Waals surface area contributed by atoms with Gasteiger partial charge in [0.1, 0.15) is 5.75 Å². The molecule has 35 heavy (non-hydrogen) atoms. The lowest BCUT2D eigenvalue weighted by molar-refractivity contribution is -0.114. The molecule has 0 bridgehead atoms. The highest BCUT2D eigenvalue weighted by Gasteiger charge is 2.13. The van der Waals surface area contributed by atoms with Crippen LogP contribution in [0, 0.1) is 0 Å². The van der Waals surface area contributed by atoms with Gasteiger partial charge in [0.05, 0.1) is 25.5 Å². The van der Waals surface area contributed by atoms with E-state index in [9.17, 15) is 14.4 Å². The smallest absolute Gasteiger partial charge is 0.343 e. The van der Waals surface area contributed by atoms with E-state index in [1.165, 1.54) is 13.1 Å². The Kier molecular flexibility index (Phi) is 8.55. The van der Waals surface area contributed by atoms with Crippen LogP contribution in [0.1, 0.15) is 40.1 Å². The number of esters is 1. The molecule has 9 heteroatoms. The van der Waals surface area contributed by atoms with Crippen molar-refractivity contribution in [2.75, 3.05) is 19.0 Å². The number of benzene rings is 3. The lowest BCUT2D eigenvalue weighted by atomic mass is 10.2. The number of hydrazone groups is 1. The quantitative estimate of drug-likeness (QED) is 0.209. The Balaban J connectivity index is 1.65. The summed E-state index contributed by atoms with van der Waals surface area (Å²) in [5, 5.41) is 6.61. The van der Waals surface area contributed by atoms with Gasteiger partial charge in [-0.15, -0.1) is 0 Å². The molecule has 0 saturated heterocycles. The first-order valence-corrected chi connectivity index (χ1v) is 10.7. The molecule has 0 aliphatic rings. The van der Waals surface area contributed by atoms with E-state index in [1.54, 1.807) is 73.8 Å². The van der Waals surface area contributed by atoms with Crippen LogP contribution in [-0.4, -0.2) is 37.7 Å². The first-order valence-electron chi connectivity index (χ1n) is 10.7. The Morgan fingerprint density at radius 2 is 1.60 bits per heavy atom. The van der Waals surface area contributed by atoms with Gasteiger partial charge in [-0.1, -0.05) is 0 Å². The number of carbonyl (C=O) groups excluding carboxylic acids is 3. The molecule has 3 aromatic carbocycles. The van der Waals surface area contributed by atoms with Crippen LogP contribution in [0.25, 0.3) is 0 Å². The Labute approximate surface area is 202 Å². The number of hydrogen-bond acceptors (Lipinski definition) is 7. The zero-order valence-corrected chi connectivity index (χ0v) is 19.5. The summed E-state index contributed by atoms with van der Waals surface area (Å²) in [5.74, 6) is 0.109. The summed E-state index contributed by atoms with van der Waals surface area (Å²) in [4.78, 5) is 35.9. The molecular weight excluding hydrogens is 450 g/mol. The van der Waals surface area contributed by atoms with Crippen molar-refractivity contribution in [2.24, 2.45) is 5.10 Å². The molecule has 0 unspecified atom stereocenters. The van der Waals surface area contributed by atoms with Gasteiger partial charge in [-0.05, 0) is 79.2 Å². The fourth-order valence-electron chi connectivity index (χ4n) is 2.98. The topological polar surface area (TPSA) is 115 Å². The number of nitrogens with one attached hydrogen (secondary N) is 2. The maximum atomic E-state index is 12.5. The molecule has 0 radical (unpaired) electrons. The highest BCUT2D eigenvalue weighted by Crippen LogP contribution is 2.29. The van der Waals surface area contributed by atoms with Crippen molar-refractivity contribution in [2.45, 2.75) is 13.8 Å². The van der Waals surface area contributed by atoms with Crippen molar-refractivity contribution in [3.8, 4) is 17.2 Å². The van der Waals surface area contributed by atoms with E-state index in [1.807, 2.05) is 6.92 Å². The van der Waals surface area contributed by atoms with Gasteiger partial charge < -0.3 is 19.5 Å². The van der Waals surface area contributed by atoms with Crippen LogP contribution in [0.5, 0.6) is 17.2 Å².